The van der Waals surface area contributed by atoms with E-state index in [1.54, 1.807) is 6.08 Å². The maximum Gasteiger partial charge on any atom is 0.268 e. The molecule has 3 atom stereocenters. The molecule has 220 valence electrons. The molecule has 0 aliphatic heterocycles. The fourth-order valence-corrected chi connectivity index (χ4v) is 4.82. The summed E-state index contributed by atoms with van der Waals surface area (Å²) in [5, 5.41) is 19.1. The molecule has 0 fully saturated rings. The monoisotopic (exact) mass is 549 g/mol. The van der Waals surface area contributed by atoms with Gasteiger partial charge in [-0.25, -0.2) is 0 Å². The highest BCUT2D eigenvalue weighted by molar-refractivity contribution is 7.45. The van der Waals surface area contributed by atoms with Crippen molar-refractivity contribution in [2.45, 2.75) is 122 Å². The fraction of sp³-hybridized carbons (Fsp3) is 0.893. The number of carbonyl (C=O) groups excluding carboxylic acids is 1. The molecule has 0 aliphatic rings. The van der Waals surface area contributed by atoms with E-state index in [-0.39, 0.29) is 6.61 Å². The van der Waals surface area contributed by atoms with Gasteiger partial charge in [-0.2, -0.15) is 0 Å². The summed E-state index contributed by atoms with van der Waals surface area (Å²) in [7, 11) is 0.822. The van der Waals surface area contributed by atoms with Crippen LogP contribution in [0.3, 0.4) is 0 Å². The average molecular weight is 550 g/mol. The lowest BCUT2D eigenvalue weighted by Crippen LogP contribution is -2.40. The van der Waals surface area contributed by atoms with E-state index in [4.69, 9.17) is 9.05 Å². The van der Waals surface area contributed by atoms with Gasteiger partial charge in [0.2, 0.25) is 0 Å². The number of phosphoric acid groups is 1. The third kappa shape index (κ3) is 23.0. The number of hydrogen-bond acceptors (Lipinski definition) is 7. The number of carbonyl (C=O) groups is 1. The smallest absolute Gasteiger partial charge is 0.268 e. The summed E-state index contributed by atoms with van der Waals surface area (Å²) in [6.07, 6.45) is 19.5. The molecule has 0 saturated carbocycles. The number of phosphoric ester groups is 1. The van der Waals surface area contributed by atoms with Gasteiger partial charge in [-0.1, -0.05) is 103 Å². The molecule has 0 heterocycles. The van der Waals surface area contributed by atoms with Crippen LogP contribution in [0.5, 0.6) is 0 Å². The van der Waals surface area contributed by atoms with Gasteiger partial charge in [0, 0.05) is 0 Å². The summed E-state index contributed by atoms with van der Waals surface area (Å²) in [6, 6.07) is 0. The molecule has 2 N–H and O–H groups in total. The van der Waals surface area contributed by atoms with E-state index in [1.807, 2.05) is 21.1 Å². The van der Waals surface area contributed by atoms with Gasteiger partial charge in [0.1, 0.15) is 19.3 Å². The first-order valence-electron chi connectivity index (χ1n) is 14.5. The van der Waals surface area contributed by atoms with E-state index in [0.717, 1.165) is 19.3 Å². The minimum Gasteiger partial charge on any atom is -0.756 e. The predicted molar refractivity (Wildman–Crippen MR) is 148 cm³/mol. The van der Waals surface area contributed by atoms with E-state index < -0.39 is 32.4 Å². The Morgan fingerprint density at radius 2 is 1.35 bits per heavy atom. The zero-order chi connectivity index (χ0) is 28.0. The van der Waals surface area contributed by atoms with Crippen LogP contribution in [0.4, 0.5) is 0 Å². The molecule has 0 aromatic heterocycles. The number of nitrogens with zero attached hydrogens (tertiary/aromatic N) is 1. The Kier molecular flexibility index (Phi) is 21.9. The molecular formula is C28H56NO7P. The summed E-state index contributed by atoms with van der Waals surface area (Å²) < 4.78 is 22.2. The highest BCUT2D eigenvalue weighted by Crippen LogP contribution is 2.40. The zero-order valence-electron chi connectivity index (χ0n) is 24.1. The van der Waals surface area contributed by atoms with Gasteiger partial charge in [-0.05, 0) is 18.9 Å². The van der Waals surface area contributed by atoms with E-state index in [0.29, 0.717) is 17.4 Å². The molecule has 2 unspecified atom stereocenters. The molecule has 0 radical (unpaired) electrons. The molecule has 0 amide bonds. The number of likely N-dealkylation sites (N-methyl/N-ethyl adjacent to an activating group) is 1. The number of hydrogen-bond donors (Lipinski definition) is 2. The maximum absolute atomic E-state index is 12.4. The summed E-state index contributed by atoms with van der Waals surface area (Å²) in [5.41, 5.74) is 0. The number of aliphatic hydroxyl groups excluding tert-OH is 2. The summed E-state index contributed by atoms with van der Waals surface area (Å²) in [4.78, 5) is 24.5. The van der Waals surface area contributed by atoms with Crippen molar-refractivity contribution in [2.24, 2.45) is 0 Å². The Bertz CT molecular complexity index is 637. The van der Waals surface area contributed by atoms with Crippen LogP contribution in [0.25, 0.3) is 0 Å². The van der Waals surface area contributed by atoms with Gasteiger partial charge in [-0.15, -0.1) is 0 Å². The van der Waals surface area contributed by atoms with Gasteiger partial charge in [0.15, 0.2) is 11.9 Å². The fourth-order valence-electron chi connectivity index (χ4n) is 3.93. The second-order valence-electron chi connectivity index (χ2n) is 11.1. The van der Waals surface area contributed by atoms with Crippen molar-refractivity contribution in [1.82, 2.24) is 0 Å². The van der Waals surface area contributed by atoms with Gasteiger partial charge < -0.3 is 28.6 Å². The summed E-state index contributed by atoms with van der Waals surface area (Å²) in [6.45, 7) is 1.75. The standard InChI is InChI=1S/C28H56NO7P/c1-5-6-7-8-9-10-11-12-13-14-15-16-17-18-19-20-21-22-26(31)28(27(32)25-30)36-37(33,34)35-24-23-29(2,3)4/h21-22,27-28,30,32H,5-20,23-25H2,1-4H3/t27-,28?/m0/s1. The molecule has 0 saturated heterocycles. The SMILES string of the molecule is CCCCCCCCCCCCCCCCCC=CC(=O)C(OP(=O)([O-])OCC[N+](C)(C)C)[C@@H](O)CO. The van der Waals surface area contributed by atoms with Crippen molar-refractivity contribution in [3.05, 3.63) is 12.2 Å². The molecule has 8 nitrogen and oxygen atoms in total. The Labute approximate surface area is 226 Å². The first-order valence-corrected chi connectivity index (χ1v) is 15.9. The van der Waals surface area contributed by atoms with Crippen molar-refractivity contribution < 1.29 is 38.0 Å². The van der Waals surface area contributed by atoms with Crippen LogP contribution < -0.4 is 4.89 Å². The Hall–Kier alpha value is -0.600. The molecule has 0 aromatic rings. The molecule has 37 heavy (non-hydrogen) atoms. The Morgan fingerprint density at radius 1 is 0.892 bits per heavy atom. The van der Waals surface area contributed by atoms with Crippen LogP contribution >= 0.6 is 7.82 Å². The van der Waals surface area contributed by atoms with Gasteiger partial charge in [0.05, 0.1) is 27.7 Å². The number of unbranched alkanes of at least 4 members (excludes halogenated alkanes) is 15. The normalized spacial score (nSPS) is 15.6. The van der Waals surface area contributed by atoms with E-state index in [9.17, 15) is 24.5 Å². The third-order valence-electron chi connectivity index (χ3n) is 6.33. The quantitative estimate of drug-likeness (QED) is 0.0651. The van der Waals surface area contributed by atoms with Gasteiger partial charge >= 0.3 is 0 Å². The minimum absolute atomic E-state index is 0.116. The van der Waals surface area contributed by atoms with Crippen molar-refractivity contribution >= 4 is 13.6 Å². The van der Waals surface area contributed by atoms with Crippen LogP contribution in [0.2, 0.25) is 0 Å². The molecule has 0 aromatic carbocycles. The molecule has 0 spiro atoms. The van der Waals surface area contributed by atoms with Crippen LogP contribution in [0, 0.1) is 0 Å². The molecule has 0 bridgehead atoms. The first kappa shape index (κ1) is 36.4. The van der Waals surface area contributed by atoms with Crippen molar-refractivity contribution in [1.29, 1.82) is 0 Å². The van der Waals surface area contributed by atoms with E-state index in [2.05, 4.69) is 6.92 Å². The highest BCUT2D eigenvalue weighted by Gasteiger charge is 2.30. The third-order valence-corrected chi connectivity index (χ3v) is 7.31. The second kappa shape index (κ2) is 22.2. The first-order chi connectivity index (χ1) is 17.5. The lowest BCUT2D eigenvalue weighted by Gasteiger charge is -2.30. The zero-order valence-corrected chi connectivity index (χ0v) is 25.0. The minimum atomic E-state index is -4.82. The number of quaternary nitrogens is 1. The van der Waals surface area contributed by atoms with Crippen LogP contribution in [0.15, 0.2) is 12.2 Å². The van der Waals surface area contributed by atoms with E-state index in [1.165, 1.54) is 83.1 Å². The lowest BCUT2D eigenvalue weighted by molar-refractivity contribution is -0.870. The maximum atomic E-state index is 12.4. The van der Waals surface area contributed by atoms with Crippen LogP contribution in [-0.4, -0.2) is 73.6 Å². The predicted octanol–water partition coefficient (Wildman–Crippen LogP) is 5.30. The number of aliphatic hydroxyl groups is 2. The molecule has 9 heteroatoms. The molecular weight excluding hydrogens is 493 g/mol. The second-order valence-corrected chi connectivity index (χ2v) is 12.5. The average Bonchev–Trinajstić information content (AvgIpc) is 2.82. The topological polar surface area (TPSA) is 116 Å². The number of rotatable bonds is 26. The Balaban J connectivity index is 4.01. The summed E-state index contributed by atoms with van der Waals surface area (Å²) in [5.74, 6) is -0.714. The highest BCUT2D eigenvalue weighted by atomic mass is 31.2. The largest absolute Gasteiger partial charge is 0.756 e. The van der Waals surface area contributed by atoms with Crippen molar-refractivity contribution in [3.8, 4) is 0 Å². The molecule has 0 aliphatic carbocycles. The van der Waals surface area contributed by atoms with E-state index >= 15 is 0 Å². The van der Waals surface area contributed by atoms with Crippen LogP contribution in [0.1, 0.15) is 110 Å². The number of allylic oxidation sites excluding steroid dienone is 1. The Morgan fingerprint density at radius 3 is 1.78 bits per heavy atom. The molecule has 0 rings (SSSR count). The van der Waals surface area contributed by atoms with Crippen molar-refractivity contribution in [3.63, 3.8) is 0 Å². The summed E-state index contributed by atoms with van der Waals surface area (Å²) >= 11 is 0. The van der Waals surface area contributed by atoms with Crippen LogP contribution in [-0.2, 0) is 18.4 Å². The van der Waals surface area contributed by atoms with Crippen molar-refractivity contribution in [2.75, 3.05) is 40.9 Å². The lowest BCUT2D eigenvalue weighted by atomic mass is 10.0. The van der Waals surface area contributed by atoms with Gasteiger partial charge in [-0.3, -0.25) is 9.36 Å². The van der Waals surface area contributed by atoms with Gasteiger partial charge in [0.25, 0.3) is 7.82 Å². The number of ketones is 1.